The number of hydrogen-bond donors (Lipinski definition) is 0. The number of piperazine rings is 1. The highest BCUT2D eigenvalue weighted by molar-refractivity contribution is 5.98. The second-order valence-electron chi connectivity index (χ2n) is 11.5. The molecule has 3 aliphatic rings. The molecule has 3 aromatic rings. The van der Waals surface area contributed by atoms with Crippen molar-refractivity contribution in [3.63, 3.8) is 0 Å². The first kappa shape index (κ1) is 28.4. The van der Waals surface area contributed by atoms with Gasteiger partial charge in [-0.3, -0.25) is 4.79 Å². The SMILES string of the molecule is [C-]#[N+]C[C@H]1CN(c2nc(OC[C@@H]3CCCN3C)nc3c2CCN(c2cccc4cccc(C#N)c24)C3)CCN1C(=O)C=C. The monoisotopic (exact) mass is 576 g/mol. The summed E-state index contributed by atoms with van der Waals surface area (Å²) in [6.45, 7) is 15.9. The van der Waals surface area contributed by atoms with Gasteiger partial charge in [0.1, 0.15) is 18.5 Å². The molecule has 1 amide bonds. The van der Waals surface area contributed by atoms with E-state index in [1.807, 2.05) is 30.3 Å². The van der Waals surface area contributed by atoms with Gasteiger partial charge in [0, 0.05) is 48.9 Å². The number of carbonyl (C=O) groups is 1. The Bertz CT molecular complexity index is 1620. The zero-order valence-electron chi connectivity index (χ0n) is 24.6. The fourth-order valence-electron chi connectivity index (χ4n) is 6.68. The Morgan fingerprint density at radius 2 is 2.00 bits per heavy atom. The quantitative estimate of drug-likeness (QED) is 0.311. The summed E-state index contributed by atoms with van der Waals surface area (Å²) < 4.78 is 6.28. The highest BCUT2D eigenvalue weighted by atomic mass is 16.5. The van der Waals surface area contributed by atoms with Gasteiger partial charge in [-0.25, -0.2) is 6.57 Å². The molecule has 2 aromatic carbocycles. The van der Waals surface area contributed by atoms with Crippen molar-refractivity contribution in [2.45, 2.75) is 37.9 Å². The Morgan fingerprint density at radius 1 is 1.16 bits per heavy atom. The fourth-order valence-corrected chi connectivity index (χ4v) is 6.68. The van der Waals surface area contributed by atoms with Crippen LogP contribution in [0.3, 0.4) is 0 Å². The molecule has 10 nitrogen and oxygen atoms in total. The lowest BCUT2D eigenvalue weighted by molar-refractivity contribution is -0.128. The molecule has 2 saturated heterocycles. The lowest BCUT2D eigenvalue weighted by atomic mass is 9.99. The van der Waals surface area contributed by atoms with Crippen molar-refractivity contribution in [3.8, 4) is 12.1 Å². The van der Waals surface area contributed by atoms with E-state index < -0.39 is 0 Å². The van der Waals surface area contributed by atoms with Crippen LogP contribution in [0.2, 0.25) is 0 Å². The smallest absolute Gasteiger partial charge is 0.318 e. The number of nitrogens with zero attached hydrogens (tertiary/aromatic N) is 8. The maximum atomic E-state index is 12.5. The van der Waals surface area contributed by atoms with Gasteiger partial charge in [-0.15, -0.1) is 0 Å². The Balaban J connectivity index is 1.35. The summed E-state index contributed by atoms with van der Waals surface area (Å²) in [5.41, 5.74) is 3.66. The standard InChI is InChI=1S/C33H36N8O2/c1-4-30(42)41-17-16-40(20-26(41)19-35-2)32-27-13-15-39(29-12-6-9-23-8-5-10-24(18-34)31(23)29)21-28(27)36-33(37-32)43-22-25-11-7-14-38(25)3/h4-6,8-10,12,25-26H,1,7,11,13-17,19-22H2,3H3/t25-,26-/m0/s1. The third kappa shape index (κ3) is 5.59. The van der Waals surface area contributed by atoms with E-state index in [1.54, 1.807) is 4.90 Å². The molecular weight excluding hydrogens is 540 g/mol. The van der Waals surface area contributed by atoms with Crippen molar-refractivity contribution >= 4 is 28.2 Å². The summed E-state index contributed by atoms with van der Waals surface area (Å²) in [4.78, 5) is 34.6. The summed E-state index contributed by atoms with van der Waals surface area (Å²) in [7, 11) is 2.12. The van der Waals surface area contributed by atoms with Crippen molar-refractivity contribution in [3.05, 3.63) is 77.3 Å². The Morgan fingerprint density at radius 3 is 2.74 bits per heavy atom. The van der Waals surface area contributed by atoms with Crippen molar-refractivity contribution < 1.29 is 9.53 Å². The van der Waals surface area contributed by atoms with Crippen LogP contribution in [-0.4, -0.2) is 90.7 Å². The molecule has 0 saturated carbocycles. The number of ether oxygens (including phenoxy) is 1. The minimum Gasteiger partial charge on any atom is -0.462 e. The number of amides is 1. The van der Waals surface area contributed by atoms with Gasteiger partial charge >= 0.3 is 6.01 Å². The number of anilines is 2. The molecule has 43 heavy (non-hydrogen) atoms. The summed E-state index contributed by atoms with van der Waals surface area (Å²) in [5.74, 6) is 0.681. The van der Waals surface area contributed by atoms with Gasteiger partial charge in [0.15, 0.2) is 0 Å². The zero-order valence-corrected chi connectivity index (χ0v) is 24.6. The van der Waals surface area contributed by atoms with E-state index in [4.69, 9.17) is 21.3 Å². The molecule has 0 bridgehead atoms. The molecule has 2 atom stereocenters. The van der Waals surface area contributed by atoms with Gasteiger partial charge in [-0.05, 0) is 56.4 Å². The highest BCUT2D eigenvalue weighted by Gasteiger charge is 2.35. The average molecular weight is 577 g/mol. The van der Waals surface area contributed by atoms with Gasteiger partial charge in [-0.2, -0.15) is 15.2 Å². The molecular formula is C33H36N8O2. The van der Waals surface area contributed by atoms with Gasteiger partial charge in [0.05, 0.1) is 23.9 Å². The van der Waals surface area contributed by atoms with Crippen molar-refractivity contribution in [1.82, 2.24) is 19.8 Å². The molecule has 10 heteroatoms. The molecule has 2 fully saturated rings. The van der Waals surface area contributed by atoms with Crippen molar-refractivity contribution in [2.24, 2.45) is 0 Å². The summed E-state index contributed by atoms with van der Waals surface area (Å²) in [6.07, 6.45) is 4.29. The van der Waals surface area contributed by atoms with Crippen LogP contribution in [0.1, 0.15) is 29.7 Å². The van der Waals surface area contributed by atoms with E-state index in [9.17, 15) is 10.1 Å². The van der Waals surface area contributed by atoms with Crippen LogP contribution in [0.5, 0.6) is 6.01 Å². The van der Waals surface area contributed by atoms with E-state index in [1.165, 1.54) is 6.08 Å². The third-order valence-electron chi connectivity index (χ3n) is 8.98. The number of likely N-dealkylation sites (tertiary alicyclic amines) is 1. The Labute approximate surface area is 252 Å². The zero-order chi connectivity index (χ0) is 29.9. The number of carbonyl (C=O) groups excluding carboxylic acids is 1. The number of hydrogen-bond acceptors (Lipinski definition) is 8. The van der Waals surface area contributed by atoms with E-state index in [0.717, 1.165) is 65.9 Å². The van der Waals surface area contributed by atoms with Gasteiger partial charge in [0.2, 0.25) is 12.5 Å². The number of nitriles is 1. The van der Waals surface area contributed by atoms with Crippen LogP contribution < -0.4 is 14.5 Å². The summed E-state index contributed by atoms with van der Waals surface area (Å²) in [5, 5.41) is 11.9. The molecule has 0 radical (unpaired) electrons. The van der Waals surface area contributed by atoms with Gasteiger partial charge < -0.3 is 29.2 Å². The largest absolute Gasteiger partial charge is 0.462 e. The van der Waals surface area contributed by atoms with Crippen molar-refractivity contribution in [2.75, 3.05) is 62.7 Å². The molecule has 0 aliphatic carbocycles. The average Bonchev–Trinajstić information content (AvgIpc) is 3.46. The summed E-state index contributed by atoms with van der Waals surface area (Å²) >= 11 is 0. The predicted octanol–water partition coefficient (Wildman–Crippen LogP) is 3.66. The lowest BCUT2D eigenvalue weighted by Crippen LogP contribution is -2.56. The summed E-state index contributed by atoms with van der Waals surface area (Å²) in [6, 6.07) is 14.8. The van der Waals surface area contributed by atoms with E-state index in [2.05, 4.69) is 45.3 Å². The molecule has 1 aromatic heterocycles. The fraction of sp³-hybridized carbons (Fsp3) is 0.424. The normalized spacial score (nSPS) is 20.4. The van der Waals surface area contributed by atoms with Crippen LogP contribution in [0.15, 0.2) is 49.1 Å². The van der Waals surface area contributed by atoms with Crippen LogP contribution in [-0.2, 0) is 17.8 Å². The van der Waals surface area contributed by atoms with Crippen LogP contribution in [0, 0.1) is 17.9 Å². The number of aromatic nitrogens is 2. The molecule has 3 aliphatic heterocycles. The van der Waals surface area contributed by atoms with Crippen LogP contribution in [0.25, 0.3) is 15.6 Å². The second-order valence-corrected chi connectivity index (χ2v) is 11.5. The van der Waals surface area contributed by atoms with E-state index in [-0.39, 0.29) is 18.5 Å². The first-order chi connectivity index (χ1) is 21.0. The number of rotatable bonds is 7. The molecule has 0 spiro atoms. The van der Waals surface area contributed by atoms with E-state index >= 15 is 0 Å². The number of benzene rings is 2. The first-order valence-electron chi connectivity index (χ1n) is 14.9. The second kappa shape index (κ2) is 12.3. The highest BCUT2D eigenvalue weighted by Crippen LogP contribution is 2.36. The topological polar surface area (TPSA) is 93.2 Å². The Hall–Kier alpha value is -4.67. The maximum absolute atomic E-state index is 12.5. The minimum atomic E-state index is -0.251. The maximum Gasteiger partial charge on any atom is 0.318 e. The van der Waals surface area contributed by atoms with Gasteiger partial charge in [0.25, 0.3) is 0 Å². The Kier molecular flexibility index (Phi) is 8.13. The number of fused-ring (bicyclic) bond motifs is 2. The number of likely N-dealkylation sites (N-methyl/N-ethyl adjacent to an activating group) is 1. The van der Waals surface area contributed by atoms with Gasteiger partial charge in [-0.1, -0.05) is 30.8 Å². The lowest BCUT2D eigenvalue weighted by Gasteiger charge is -2.41. The van der Waals surface area contributed by atoms with E-state index in [0.29, 0.717) is 50.4 Å². The molecule has 0 N–H and O–H groups in total. The molecule has 220 valence electrons. The molecule has 0 unspecified atom stereocenters. The van der Waals surface area contributed by atoms with Crippen LogP contribution in [0.4, 0.5) is 11.5 Å². The molecule has 4 heterocycles. The van der Waals surface area contributed by atoms with Crippen LogP contribution >= 0.6 is 0 Å². The predicted molar refractivity (Wildman–Crippen MR) is 166 cm³/mol. The first-order valence-corrected chi connectivity index (χ1v) is 14.9. The molecule has 6 rings (SSSR count). The van der Waals surface area contributed by atoms with Crippen molar-refractivity contribution in [1.29, 1.82) is 5.26 Å². The third-order valence-corrected chi connectivity index (χ3v) is 8.98. The minimum absolute atomic E-state index is 0.148.